The highest BCUT2D eigenvalue weighted by Crippen LogP contribution is 2.45. The van der Waals surface area contributed by atoms with E-state index in [-0.39, 0.29) is 12.8 Å². The van der Waals surface area contributed by atoms with E-state index in [1.807, 2.05) is 0 Å². The average Bonchev–Trinajstić information content (AvgIpc) is 2.50. The molecule has 2 rings (SSSR count). The number of carbonyl (C=O) groups is 1. The van der Waals surface area contributed by atoms with Crippen molar-refractivity contribution >= 4 is 16.7 Å². The minimum atomic E-state index is -3.79. The second-order valence-corrected chi connectivity index (χ2v) is 7.45. The van der Waals surface area contributed by atoms with Crippen LogP contribution in [0.4, 0.5) is 8.78 Å². The number of benzene rings is 1. The molecule has 128 valence electrons. The van der Waals surface area contributed by atoms with Crippen LogP contribution >= 0.6 is 0 Å². The van der Waals surface area contributed by atoms with Gasteiger partial charge in [-0.1, -0.05) is 12.1 Å². The SMILES string of the molecule is CC(c1ccc(S(C)=O)cc1)N(C)C(=O)C(F)(F)C1(O)CCC1. The summed E-state index contributed by atoms with van der Waals surface area (Å²) in [5.41, 5.74) is -1.56. The molecule has 1 amide bonds. The molecule has 2 atom stereocenters. The first-order valence-electron chi connectivity index (χ1n) is 7.41. The molecule has 0 heterocycles. The maximum Gasteiger partial charge on any atom is 0.352 e. The molecule has 1 aliphatic rings. The molecule has 1 N–H and O–H groups in total. The van der Waals surface area contributed by atoms with Gasteiger partial charge < -0.3 is 10.0 Å². The van der Waals surface area contributed by atoms with Crippen molar-refractivity contribution in [2.75, 3.05) is 13.3 Å². The molecule has 1 fully saturated rings. The van der Waals surface area contributed by atoms with Gasteiger partial charge in [0.05, 0.1) is 6.04 Å². The molecule has 2 unspecified atom stereocenters. The Kier molecular flexibility index (Phi) is 4.92. The van der Waals surface area contributed by atoms with Crippen LogP contribution in [-0.4, -0.2) is 44.9 Å². The average molecular weight is 345 g/mol. The van der Waals surface area contributed by atoms with Crippen molar-refractivity contribution in [2.45, 2.75) is 48.6 Å². The van der Waals surface area contributed by atoms with E-state index in [0.717, 1.165) is 4.90 Å². The van der Waals surface area contributed by atoms with Crippen LogP contribution in [0.5, 0.6) is 0 Å². The number of hydrogen-bond donors (Lipinski definition) is 1. The van der Waals surface area contributed by atoms with Crippen LogP contribution in [0.15, 0.2) is 29.2 Å². The lowest BCUT2D eigenvalue weighted by atomic mass is 9.75. The Hall–Kier alpha value is -1.34. The second kappa shape index (κ2) is 6.28. The lowest BCUT2D eigenvalue weighted by Crippen LogP contribution is -2.61. The van der Waals surface area contributed by atoms with Gasteiger partial charge in [-0.25, -0.2) is 0 Å². The number of rotatable bonds is 5. The van der Waals surface area contributed by atoms with Crippen molar-refractivity contribution in [3.05, 3.63) is 29.8 Å². The largest absolute Gasteiger partial charge is 0.383 e. The van der Waals surface area contributed by atoms with Crippen LogP contribution in [0.2, 0.25) is 0 Å². The van der Waals surface area contributed by atoms with Crippen LogP contribution < -0.4 is 0 Å². The summed E-state index contributed by atoms with van der Waals surface area (Å²) in [5, 5.41) is 9.88. The van der Waals surface area contributed by atoms with E-state index in [2.05, 4.69) is 0 Å². The van der Waals surface area contributed by atoms with Crippen LogP contribution in [0.1, 0.15) is 37.8 Å². The van der Waals surface area contributed by atoms with Gasteiger partial charge in [0.2, 0.25) is 0 Å². The molecule has 0 radical (unpaired) electrons. The summed E-state index contributed by atoms with van der Waals surface area (Å²) < 4.78 is 39.9. The zero-order valence-corrected chi connectivity index (χ0v) is 14.2. The standard InChI is InChI=1S/C16H21F2NO3S/c1-11(12-5-7-13(8-6-12)23(3)22)19(2)14(20)16(17,18)15(21)9-4-10-15/h5-8,11,21H,4,9-10H2,1-3H3. The normalized spacial score (nSPS) is 19.6. The molecular weight excluding hydrogens is 324 g/mol. The van der Waals surface area contributed by atoms with E-state index in [1.165, 1.54) is 7.05 Å². The van der Waals surface area contributed by atoms with Gasteiger partial charge in [0.25, 0.3) is 5.91 Å². The fourth-order valence-corrected chi connectivity index (χ4v) is 3.10. The van der Waals surface area contributed by atoms with Crippen molar-refractivity contribution in [2.24, 2.45) is 0 Å². The quantitative estimate of drug-likeness (QED) is 0.892. The van der Waals surface area contributed by atoms with Crippen molar-refractivity contribution in [1.82, 2.24) is 4.90 Å². The molecule has 1 aliphatic carbocycles. The highest BCUT2D eigenvalue weighted by Gasteiger charge is 2.62. The molecule has 1 saturated carbocycles. The summed E-state index contributed by atoms with van der Waals surface area (Å²) in [6.45, 7) is 1.64. The molecule has 23 heavy (non-hydrogen) atoms. The predicted octanol–water partition coefficient (Wildman–Crippen LogP) is 2.49. The van der Waals surface area contributed by atoms with Crippen molar-refractivity contribution in [3.8, 4) is 0 Å². The van der Waals surface area contributed by atoms with Crippen LogP contribution in [-0.2, 0) is 15.6 Å². The van der Waals surface area contributed by atoms with Gasteiger partial charge in [0.15, 0.2) is 0 Å². The Labute approximate surface area is 136 Å². The lowest BCUT2D eigenvalue weighted by molar-refractivity contribution is -0.223. The van der Waals surface area contributed by atoms with Gasteiger partial charge in [0, 0.05) is 29.0 Å². The van der Waals surface area contributed by atoms with E-state index in [9.17, 15) is 22.9 Å². The highest BCUT2D eigenvalue weighted by molar-refractivity contribution is 7.84. The Morgan fingerprint density at radius 1 is 1.35 bits per heavy atom. The number of aliphatic hydroxyl groups is 1. The molecule has 0 aliphatic heterocycles. The molecule has 0 saturated heterocycles. The highest BCUT2D eigenvalue weighted by atomic mass is 32.2. The maximum absolute atomic E-state index is 14.3. The van der Waals surface area contributed by atoms with E-state index in [1.54, 1.807) is 37.4 Å². The van der Waals surface area contributed by atoms with E-state index in [0.29, 0.717) is 16.9 Å². The van der Waals surface area contributed by atoms with Gasteiger partial charge in [-0.3, -0.25) is 9.00 Å². The number of halogens is 2. The Morgan fingerprint density at radius 2 is 1.87 bits per heavy atom. The number of nitrogens with zero attached hydrogens (tertiary/aromatic N) is 1. The number of hydrogen-bond acceptors (Lipinski definition) is 3. The third kappa shape index (κ3) is 3.17. The fraction of sp³-hybridized carbons (Fsp3) is 0.562. The summed E-state index contributed by atoms with van der Waals surface area (Å²) in [6, 6.07) is 6.05. The number of amides is 1. The summed E-state index contributed by atoms with van der Waals surface area (Å²) in [6.07, 6.45) is 1.91. The van der Waals surface area contributed by atoms with Gasteiger partial charge in [-0.15, -0.1) is 0 Å². The molecular formula is C16H21F2NO3S. The molecule has 7 heteroatoms. The third-order valence-corrected chi connectivity index (χ3v) is 5.57. The van der Waals surface area contributed by atoms with Crippen molar-refractivity contribution in [1.29, 1.82) is 0 Å². The minimum absolute atomic E-state index is 0.0645. The zero-order valence-electron chi connectivity index (χ0n) is 13.4. The van der Waals surface area contributed by atoms with E-state index < -0.39 is 34.3 Å². The smallest absolute Gasteiger partial charge is 0.352 e. The number of carbonyl (C=O) groups excluding carboxylic acids is 1. The van der Waals surface area contributed by atoms with Crippen molar-refractivity contribution in [3.63, 3.8) is 0 Å². The Balaban J connectivity index is 2.16. The topological polar surface area (TPSA) is 57.6 Å². The van der Waals surface area contributed by atoms with Crippen molar-refractivity contribution < 1.29 is 22.9 Å². The molecule has 1 aromatic rings. The van der Waals surface area contributed by atoms with Crippen LogP contribution in [0.3, 0.4) is 0 Å². The molecule has 0 spiro atoms. The second-order valence-electron chi connectivity index (χ2n) is 6.07. The molecule has 0 bridgehead atoms. The summed E-state index contributed by atoms with van der Waals surface area (Å²) >= 11 is 0. The summed E-state index contributed by atoms with van der Waals surface area (Å²) in [5.74, 6) is -5.17. The first kappa shape index (κ1) is 18.0. The minimum Gasteiger partial charge on any atom is -0.383 e. The van der Waals surface area contributed by atoms with Gasteiger partial charge in [-0.2, -0.15) is 8.78 Å². The maximum atomic E-state index is 14.3. The summed E-state index contributed by atoms with van der Waals surface area (Å²) in [4.78, 5) is 13.7. The van der Waals surface area contributed by atoms with Gasteiger partial charge in [-0.05, 0) is 43.9 Å². The van der Waals surface area contributed by atoms with Gasteiger partial charge >= 0.3 is 5.92 Å². The monoisotopic (exact) mass is 345 g/mol. The molecule has 4 nitrogen and oxygen atoms in total. The zero-order chi connectivity index (χ0) is 17.4. The predicted molar refractivity (Wildman–Crippen MR) is 83.7 cm³/mol. The van der Waals surface area contributed by atoms with Crippen LogP contribution in [0, 0.1) is 0 Å². The third-order valence-electron chi connectivity index (χ3n) is 4.63. The molecule has 0 aromatic heterocycles. The first-order valence-corrected chi connectivity index (χ1v) is 8.97. The Morgan fingerprint density at radius 3 is 2.26 bits per heavy atom. The lowest BCUT2D eigenvalue weighted by Gasteiger charge is -2.43. The first-order chi connectivity index (χ1) is 10.6. The molecule has 1 aromatic carbocycles. The van der Waals surface area contributed by atoms with E-state index >= 15 is 0 Å². The fourth-order valence-electron chi connectivity index (χ4n) is 2.58. The van der Waals surface area contributed by atoms with Gasteiger partial charge in [0.1, 0.15) is 5.60 Å². The number of alkyl halides is 2. The summed E-state index contributed by atoms with van der Waals surface area (Å²) in [7, 11) is 0.177. The Bertz CT molecular complexity index is 614. The van der Waals surface area contributed by atoms with E-state index in [4.69, 9.17) is 0 Å². The van der Waals surface area contributed by atoms with Crippen LogP contribution in [0.25, 0.3) is 0 Å².